The van der Waals surface area contributed by atoms with E-state index >= 15 is 0 Å². The van der Waals surface area contributed by atoms with Crippen molar-refractivity contribution < 1.29 is 8.42 Å². The zero-order valence-corrected chi connectivity index (χ0v) is 12.7. The summed E-state index contributed by atoms with van der Waals surface area (Å²) in [7, 11) is -1.09. The monoisotopic (exact) mass is 264 g/mol. The number of nitrogens with one attached hydrogen (secondary N) is 1. The lowest BCUT2D eigenvalue weighted by Gasteiger charge is -2.24. The first kappa shape index (κ1) is 16.9. The molecule has 4 nitrogen and oxygen atoms in total. The van der Waals surface area contributed by atoms with Crippen LogP contribution in [0.4, 0.5) is 0 Å². The van der Waals surface area contributed by atoms with E-state index in [4.69, 9.17) is 0 Å². The molecule has 0 aliphatic rings. The molecule has 0 saturated heterocycles. The van der Waals surface area contributed by atoms with Gasteiger partial charge >= 0.3 is 0 Å². The molecule has 1 N–H and O–H groups in total. The van der Waals surface area contributed by atoms with Crippen LogP contribution in [0.15, 0.2) is 0 Å². The van der Waals surface area contributed by atoms with Gasteiger partial charge in [-0.25, -0.2) is 8.42 Å². The smallest absolute Gasteiger partial charge is 0.156 e. The van der Waals surface area contributed by atoms with E-state index in [9.17, 15) is 8.42 Å². The summed E-state index contributed by atoms with van der Waals surface area (Å²) in [4.78, 5) is 2.21. The van der Waals surface area contributed by atoms with Crippen molar-refractivity contribution >= 4 is 9.84 Å². The molecule has 0 unspecified atom stereocenters. The molecule has 0 aromatic heterocycles. The third kappa shape index (κ3) is 6.38. The molecule has 0 aliphatic carbocycles. The van der Waals surface area contributed by atoms with Gasteiger partial charge in [-0.3, -0.25) is 0 Å². The summed E-state index contributed by atoms with van der Waals surface area (Å²) in [6, 6.07) is 0. The molecule has 0 rings (SSSR count). The number of hydrogen-bond acceptors (Lipinski definition) is 4. The number of hydrogen-bond donors (Lipinski definition) is 1. The molecule has 0 amide bonds. The van der Waals surface area contributed by atoms with Gasteiger partial charge in [0.25, 0.3) is 0 Å². The van der Waals surface area contributed by atoms with Gasteiger partial charge in [-0.1, -0.05) is 6.92 Å². The molecule has 0 atom stereocenters. The summed E-state index contributed by atoms with van der Waals surface area (Å²) in [5.41, 5.74) is 0. The number of likely N-dealkylation sites (N-methyl/N-ethyl adjacent to an activating group) is 1. The summed E-state index contributed by atoms with van der Waals surface area (Å²) < 4.78 is 23.3. The highest BCUT2D eigenvalue weighted by molar-refractivity contribution is 7.92. The SMILES string of the molecule is CCCN(CCNC)CCS(=O)(=O)C(C)(C)C. The number of sulfone groups is 1. The lowest BCUT2D eigenvalue weighted by Crippen LogP contribution is -2.39. The minimum absolute atomic E-state index is 0.250. The third-order valence-electron chi connectivity index (χ3n) is 2.83. The normalized spacial score (nSPS) is 13.3. The van der Waals surface area contributed by atoms with Crippen molar-refractivity contribution in [2.24, 2.45) is 0 Å². The van der Waals surface area contributed by atoms with E-state index in [2.05, 4.69) is 17.1 Å². The molecule has 5 heteroatoms. The van der Waals surface area contributed by atoms with Gasteiger partial charge in [0.05, 0.1) is 10.5 Å². The maximum absolute atomic E-state index is 12.0. The quantitative estimate of drug-likeness (QED) is 0.714. The van der Waals surface area contributed by atoms with E-state index in [1.807, 2.05) is 7.05 Å². The van der Waals surface area contributed by atoms with Gasteiger partial charge in [0.15, 0.2) is 9.84 Å². The van der Waals surface area contributed by atoms with Crippen molar-refractivity contribution in [2.75, 3.05) is 39.0 Å². The molecule has 0 spiro atoms. The van der Waals surface area contributed by atoms with Crippen molar-refractivity contribution in [3.8, 4) is 0 Å². The second-order valence-corrected chi connectivity index (χ2v) is 8.24. The standard InChI is InChI=1S/C12H28N2O2S/c1-6-8-14(9-7-13-5)10-11-17(15,16)12(2,3)4/h13H,6-11H2,1-5H3. The van der Waals surface area contributed by atoms with E-state index in [0.717, 1.165) is 26.1 Å². The van der Waals surface area contributed by atoms with Crippen molar-refractivity contribution in [3.63, 3.8) is 0 Å². The van der Waals surface area contributed by atoms with Crippen LogP contribution in [0.3, 0.4) is 0 Å². The highest BCUT2D eigenvalue weighted by Crippen LogP contribution is 2.15. The Kier molecular flexibility index (Phi) is 7.28. The molecule has 104 valence electrons. The van der Waals surface area contributed by atoms with Gasteiger partial charge in [-0.15, -0.1) is 0 Å². The minimum Gasteiger partial charge on any atom is -0.318 e. The van der Waals surface area contributed by atoms with Crippen LogP contribution in [0.1, 0.15) is 34.1 Å². The van der Waals surface area contributed by atoms with Crippen molar-refractivity contribution in [2.45, 2.75) is 38.9 Å². The largest absolute Gasteiger partial charge is 0.318 e. The van der Waals surface area contributed by atoms with Gasteiger partial charge in [0, 0.05) is 19.6 Å². The summed E-state index contributed by atoms with van der Waals surface area (Å²) in [5, 5.41) is 3.09. The zero-order chi connectivity index (χ0) is 13.5. The fraction of sp³-hybridized carbons (Fsp3) is 1.00. The van der Waals surface area contributed by atoms with E-state index in [1.165, 1.54) is 0 Å². The molecule has 0 saturated carbocycles. The Balaban J connectivity index is 4.30. The molecular formula is C12H28N2O2S. The first-order valence-corrected chi connectivity index (χ1v) is 7.99. The fourth-order valence-corrected chi connectivity index (χ4v) is 2.59. The van der Waals surface area contributed by atoms with E-state index in [1.54, 1.807) is 20.8 Å². The molecule has 0 aromatic rings. The van der Waals surface area contributed by atoms with Gasteiger partial charge in [-0.05, 0) is 40.8 Å². The van der Waals surface area contributed by atoms with Gasteiger partial charge < -0.3 is 10.2 Å². The average Bonchev–Trinajstić information content (AvgIpc) is 2.20. The topological polar surface area (TPSA) is 49.4 Å². The first-order valence-electron chi connectivity index (χ1n) is 6.34. The predicted molar refractivity (Wildman–Crippen MR) is 74.2 cm³/mol. The number of rotatable bonds is 8. The predicted octanol–water partition coefficient (Wildman–Crippen LogP) is 1.13. The van der Waals surface area contributed by atoms with Crippen molar-refractivity contribution in [1.29, 1.82) is 0 Å². The maximum atomic E-state index is 12.0. The average molecular weight is 264 g/mol. The fourth-order valence-electron chi connectivity index (χ4n) is 1.48. The summed E-state index contributed by atoms with van der Waals surface area (Å²) in [6.45, 7) is 10.8. The van der Waals surface area contributed by atoms with Crippen LogP contribution < -0.4 is 5.32 Å². The molecular weight excluding hydrogens is 236 g/mol. The zero-order valence-electron chi connectivity index (χ0n) is 11.9. The van der Waals surface area contributed by atoms with Crippen LogP contribution in [0.25, 0.3) is 0 Å². The van der Waals surface area contributed by atoms with Gasteiger partial charge in [0.2, 0.25) is 0 Å². The van der Waals surface area contributed by atoms with E-state index in [0.29, 0.717) is 6.54 Å². The molecule has 0 aromatic carbocycles. The summed E-state index contributed by atoms with van der Waals surface area (Å²) in [5.74, 6) is 0.250. The maximum Gasteiger partial charge on any atom is 0.156 e. The Bertz CT molecular complexity index is 294. The van der Waals surface area contributed by atoms with Gasteiger partial charge in [0.1, 0.15) is 0 Å². The molecule has 0 bridgehead atoms. The highest BCUT2D eigenvalue weighted by Gasteiger charge is 2.28. The Morgan fingerprint density at radius 3 is 2.12 bits per heavy atom. The van der Waals surface area contributed by atoms with E-state index < -0.39 is 14.6 Å². The second-order valence-electron chi connectivity index (χ2n) is 5.38. The van der Waals surface area contributed by atoms with Gasteiger partial charge in [-0.2, -0.15) is 0 Å². The van der Waals surface area contributed by atoms with E-state index in [-0.39, 0.29) is 5.75 Å². The Morgan fingerprint density at radius 1 is 1.12 bits per heavy atom. The second kappa shape index (κ2) is 7.34. The van der Waals surface area contributed by atoms with Crippen molar-refractivity contribution in [1.82, 2.24) is 10.2 Å². The highest BCUT2D eigenvalue weighted by atomic mass is 32.2. The lowest BCUT2D eigenvalue weighted by atomic mass is 10.3. The minimum atomic E-state index is -3.00. The van der Waals surface area contributed by atoms with Crippen LogP contribution in [0.5, 0.6) is 0 Å². The van der Waals surface area contributed by atoms with Crippen LogP contribution in [0, 0.1) is 0 Å². The Hall–Kier alpha value is -0.130. The van der Waals surface area contributed by atoms with Crippen molar-refractivity contribution in [3.05, 3.63) is 0 Å². The molecule has 0 fully saturated rings. The Labute approximate surface area is 107 Å². The lowest BCUT2D eigenvalue weighted by molar-refractivity contribution is 0.291. The first-order chi connectivity index (χ1) is 7.74. The van der Waals surface area contributed by atoms with Crippen LogP contribution in [-0.4, -0.2) is 57.0 Å². The van der Waals surface area contributed by atoms with Crippen LogP contribution in [0.2, 0.25) is 0 Å². The molecule has 0 heterocycles. The number of nitrogens with zero attached hydrogens (tertiary/aromatic N) is 1. The van der Waals surface area contributed by atoms with Crippen LogP contribution in [-0.2, 0) is 9.84 Å². The molecule has 0 radical (unpaired) electrons. The Morgan fingerprint density at radius 2 is 1.71 bits per heavy atom. The summed E-state index contributed by atoms with van der Waals surface area (Å²) in [6.07, 6.45) is 1.05. The van der Waals surface area contributed by atoms with Crippen LogP contribution >= 0.6 is 0 Å². The third-order valence-corrected chi connectivity index (χ3v) is 5.41. The molecule has 17 heavy (non-hydrogen) atoms. The molecule has 0 aliphatic heterocycles. The summed E-state index contributed by atoms with van der Waals surface area (Å²) >= 11 is 0.